The average Bonchev–Trinajstić information content (AvgIpc) is 2.94. The van der Waals surface area contributed by atoms with Crippen molar-refractivity contribution in [3.63, 3.8) is 0 Å². The van der Waals surface area contributed by atoms with Crippen LogP contribution in [0.5, 0.6) is 5.75 Å². The summed E-state index contributed by atoms with van der Waals surface area (Å²) in [6.07, 6.45) is 1.77. The third-order valence-electron chi connectivity index (χ3n) is 3.13. The van der Waals surface area contributed by atoms with E-state index in [4.69, 9.17) is 4.74 Å². The van der Waals surface area contributed by atoms with Gasteiger partial charge in [0.1, 0.15) is 12.4 Å². The van der Waals surface area contributed by atoms with Gasteiger partial charge < -0.3 is 15.4 Å². The summed E-state index contributed by atoms with van der Waals surface area (Å²) in [5, 5.41) is 10.6. The van der Waals surface area contributed by atoms with E-state index in [9.17, 15) is 0 Å². The third-order valence-corrected chi connectivity index (χ3v) is 3.62. The van der Waals surface area contributed by atoms with Crippen molar-refractivity contribution in [2.24, 2.45) is 12.0 Å². The smallest absolute Gasteiger partial charge is 0.191 e. The van der Waals surface area contributed by atoms with Crippen LogP contribution in [0.25, 0.3) is 0 Å². The maximum Gasteiger partial charge on any atom is 0.191 e. The molecule has 1 aromatic carbocycles. The van der Waals surface area contributed by atoms with Crippen LogP contribution in [0.15, 0.2) is 46.0 Å². The van der Waals surface area contributed by atoms with E-state index in [1.54, 1.807) is 6.20 Å². The molecule has 0 saturated heterocycles. The maximum atomic E-state index is 5.70. The molecule has 2 aromatic rings. The van der Waals surface area contributed by atoms with E-state index >= 15 is 0 Å². The van der Waals surface area contributed by atoms with Gasteiger partial charge in [0.25, 0.3) is 0 Å². The molecule has 0 fully saturated rings. The van der Waals surface area contributed by atoms with Gasteiger partial charge in [0, 0.05) is 24.3 Å². The Bertz CT molecular complexity index is 641. The predicted octanol–water partition coefficient (Wildman–Crippen LogP) is 2.32. The Balaban J connectivity index is 1.79. The molecule has 0 spiro atoms. The molecule has 2 N–H and O–H groups in total. The number of aliphatic imine (C=N–C) groups is 1. The number of hydrogen-bond acceptors (Lipinski definition) is 3. The molecule has 23 heavy (non-hydrogen) atoms. The number of aryl methyl sites for hydroxylation is 1. The van der Waals surface area contributed by atoms with Gasteiger partial charge in [0.05, 0.1) is 18.8 Å². The first-order valence-electron chi connectivity index (χ1n) is 7.56. The Hall–Kier alpha value is -2.02. The number of guanidine groups is 1. The molecule has 0 saturated carbocycles. The number of halogens is 1. The van der Waals surface area contributed by atoms with E-state index in [-0.39, 0.29) is 0 Å². The SMILES string of the molecule is CCNC(=NCc1ccnn1C)NCCOc1cccc(Br)c1. The summed E-state index contributed by atoms with van der Waals surface area (Å²) in [6.45, 7) is 4.66. The van der Waals surface area contributed by atoms with Gasteiger partial charge in [-0.25, -0.2) is 4.99 Å². The fourth-order valence-electron chi connectivity index (χ4n) is 1.95. The second kappa shape index (κ2) is 9.19. The fourth-order valence-corrected chi connectivity index (χ4v) is 2.33. The number of rotatable bonds is 7. The van der Waals surface area contributed by atoms with Gasteiger partial charge in [-0.15, -0.1) is 0 Å². The van der Waals surface area contributed by atoms with E-state index in [2.05, 4.69) is 36.7 Å². The molecular formula is C16H22BrN5O. The van der Waals surface area contributed by atoms with Crippen molar-refractivity contribution < 1.29 is 4.74 Å². The normalized spacial score (nSPS) is 11.3. The molecule has 0 aliphatic carbocycles. The minimum Gasteiger partial charge on any atom is -0.492 e. The van der Waals surface area contributed by atoms with E-state index in [1.165, 1.54) is 0 Å². The Morgan fingerprint density at radius 2 is 2.22 bits per heavy atom. The lowest BCUT2D eigenvalue weighted by atomic mass is 10.3. The van der Waals surface area contributed by atoms with Crippen LogP contribution in [-0.2, 0) is 13.6 Å². The molecule has 0 atom stereocenters. The number of nitrogens with one attached hydrogen (secondary N) is 2. The highest BCUT2D eigenvalue weighted by Crippen LogP contribution is 2.17. The van der Waals surface area contributed by atoms with Crippen LogP contribution in [0.2, 0.25) is 0 Å². The lowest BCUT2D eigenvalue weighted by Crippen LogP contribution is -2.39. The van der Waals surface area contributed by atoms with Crippen molar-refractivity contribution >= 4 is 21.9 Å². The summed E-state index contributed by atoms with van der Waals surface area (Å²) in [5.74, 6) is 1.62. The molecule has 1 heterocycles. The lowest BCUT2D eigenvalue weighted by Gasteiger charge is -2.12. The molecular weight excluding hydrogens is 358 g/mol. The first-order valence-corrected chi connectivity index (χ1v) is 8.35. The zero-order valence-corrected chi connectivity index (χ0v) is 15.0. The first kappa shape index (κ1) is 17.3. The minimum atomic E-state index is 0.562. The monoisotopic (exact) mass is 379 g/mol. The van der Waals surface area contributed by atoms with Crippen molar-refractivity contribution in [1.82, 2.24) is 20.4 Å². The zero-order chi connectivity index (χ0) is 16.5. The standard InChI is InChI=1S/C16H22BrN5O/c1-3-18-16(20-12-14-7-8-21-22(14)2)19-9-10-23-15-6-4-5-13(17)11-15/h4-8,11H,3,9-10,12H2,1-2H3,(H2,18,19,20). The molecule has 0 aliphatic heterocycles. The molecule has 0 radical (unpaired) electrons. The van der Waals surface area contributed by atoms with E-state index in [0.717, 1.165) is 28.4 Å². The van der Waals surface area contributed by atoms with Crippen LogP contribution >= 0.6 is 15.9 Å². The van der Waals surface area contributed by atoms with E-state index in [1.807, 2.05) is 49.0 Å². The van der Waals surface area contributed by atoms with Gasteiger partial charge in [0.15, 0.2) is 5.96 Å². The van der Waals surface area contributed by atoms with Crippen LogP contribution in [-0.4, -0.2) is 35.4 Å². The number of hydrogen-bond donors (Lipinski definition) is 2. The van der Waals surface area contributed by atoms with Crippen molar-refractivity contribution in [2.75, 3.05) is 19.7 Å². The van der Waals surface area contributed by atoms with Crippen molar-refractivity contribution in [3.8, 4) is 5.75 Å². The van der Waals surface area contributed by atoms with Crippen LogP contribution < -0.4 is 15.4 Å². The van der Waals surface area contributed by atoms with Crippen molar-refractivity contribution in [1.29, 1.82) is 0 Å². The summed E-state index contributed by atoms with van der Waals surface area (Å²) in [5.41, 5.74) is 1.06. The van der Waals surface area contributed by atoms with Crippen molar-refractivity contribution in [3.05, 3.63) is 46.7 Å². The number of ether oxygens (including phenoxy) is 1. The largest absolute Gasteiger partial charge is 0.492 e. The first-order chi connectivity index (χ1) is 11.2. The van der Waals surface area contributed by atoms with Gasteiger partial charge in [-0.3, -0.25) is 4.68 Å². The number of benzene rings is 1. The predicted molar refractivity (Wildman–Crippen MR) is 95.7 cm³/mol. The van der Waals surface area contributed by atoms with Crippen LogP contribution in [0.3, 0.4) is 0 Å². The molecule has 2 rings (SSSR count). The van der Waals surface area contributed by atoms with Crippen LogP contribution in [0, 0.1) is 0 Å². The summed E-state index contributed by atoms with van der Waals surface area (Å²) in [4.78, 5) is 4.55. The quantitative estimate of drug-likeness (QED) is 0.440. The topological polar surface area (TPSA) is 63.5 Å². The number of aromatic nitrogens is 2. The molecule has 0 bridgehead atoms. The van der Waals surface area contributed by atoms with Gasteiger partial charge >= 0.3 is 0 Å². The molecule has 6 nitrogen and oxygen atoms in total. The van der Waals surface area contributed by atoms with Crippen LogP contribution in [0.1, 0.15) is 12.6 Å². The molecule has 0 unspecified atom stereocenters. The lowest BCUT2D eigenvalue weighted by molar-refractivity contribution is 0.321. The second-order valence-corrected chi connectivity index (χ2v) is 5.79. The maximum absolute atomic E-state index is 5.70. The number of nitrogens with zero attached hydrogens (tertiary/aromatic N) is 3. The summed E-state index contributed by atoms with van der Waals surface area (Å²) >= 11 is 3.43. The molecule has 124 valence electrons. The Kier molecular flexibility index (Phi) is 6.93. The minimum absolute atomic E-state index is 0.562. The Morgan fingerprint density at radius 3 is 2.91 bits per heavy atom. The zero-order valence-electron chi connectivity index (χ0n) is 13.4. The van der Waals surface area contributed by atoms with E-state index in [0.29, 0.717) is 19.7 Å². The van der Waals surface area contributed by atoms with E-state index < -0.39 is 0 Å². The molecule has 1 aromatic heterocycles. The summed E-state index contributed by atoms with van der Waals surface area (Å²) in [7, 11) is 1.91. The Labute approximate surface area is 145 Å². The molecule has 7 heteroatoms. The fraction of sp³-hybridized carbons (Fsp3) is 0.375. The molecule has 0 amide bonds. The highest BCUT2D eigenvalue weighted by Gasteiger charge is 2.00. The molecule has 0 aliphatic rings. The summed E-state index contributed by atoms with van der Waals surface area (Å²) < 4.78 is 8.53. The Morgan fingerprint density at radius 1 is 1.35 bits per heavy atom. The van der Waals surface area contributed by atoms with Gasteiger partial charge in [0.2, 0.25) is 0 Å². The highest BCUT2D eigenvalue weighted by molar-refractivity contribution is 9.10. The van der Waals surface area contributed by atoms with Gasteiger partial charge in [-0.2, -0.15) is 5.10 Å². The summed E-state index contributed by atoms with van der Waals surface area (Å²) in [6, 6.07) is 9.77. The average molecular weight is 380 g/mol. The van der Waals surface area contributed by atoms with Crippen molar-refractivity contribution in [2.45, 2.75) is 13.5 Å². The van der Waals surface area contributed by atoms with Crippen LogP contribution in [0.4, 0.5) is 0 Å². The van der Waals surface area contributed by atoms with Gasteiger partial charge in [-0.05, 0) is 31.2 Å². The second-order valence-electron chi connectivity index (χ2n) is 4.87. The van der Waals surface area contributed by atoms with Gasteiger partial charge in [-0.1, -0.05) is 22.0 Å². The third kappa shape index (κ3) is 5.94. The highest BCUT2D eigenvalue weighted by atomic mass is 79.9.